The van der Waals surface area contributed by atoms with Crippen LogP contribution in [0.1, 0.15) is 31.9 Å². The van der Waals surface area contributed by atoms with Crippen LogP contribution in [0.2, 0.25) is 5.02 Å². The minimum atomic E-state index is 0.652. The molecule has 0 radical (unpaired) electrons. The van der Waals surface area contributed by atoms with E-state index in [0.717, 1.165) is 36.9 Å². The van der Waals surface area contributed by atoms with E-state index in [9.17, 15) is 0 Å². The third-order valence-electron chi connectivity index (χ3n) is 4.97. The van der Waals surface area contributed by atoms with Crippen molar-refractivity contribution in [3.8, 4) is 0 Å². The molecule has 0 unspecified atom stereocenters. The maximum absolute atomic E-state index is 6.27. The lowest BCUT2D eigenvalue weighted by Crippen LogP contribution is -2.39. The number of para-hydroxylation sites is 1. The molecule has 4 nitrogen and oxygen atoms in total. The molecule has 1 saturated heterocycles. The maximum atomic E-state index is 6.27. The molecule has 0 saturated carbocycles. The van der Waals surface area contributed by atoms with Gasteiger partial charge in [-0.1, -0.05) is 30.7 Å². The molecule has 1 aliphatic heterocycles. The van der Waals surface area contributed by atoms with Gasteiger partial charge < -0.3 is 19.5 Å². The molecule has 0 spiro atoms. The van der Waals surface area contributed by atoms with Crippen molar-refractivity contribution in [2.45, 2.75) is 32.7 Å². The summed E-state index contributed by atoms with van der Waals surface area (Å²) in [5.74, 6) is 1.71. The van der Waals surface area contributed by atoms with Crippen molar-refractivity contribution in [1.82, 2.24) is 9.80 Å². The molecule has 1 aromatic carbocycles. The van der Waals surface area contributed by atoms with Crippen molar-refractivity contribution in [2.75, 3.05) is 31.5 Å². The molecule has 0 aliphatic carbocycles. The van der Waals surface area contributed by atoms with E-state index in [1.807, 2.05) is 36.4 Å². The second-order valence-electron chi connectivity index (χ2n) is 7.31. The van der Waals surface area contributed by atoms with Gasteiger partial charge in [-0.25, -0.2) is 0 Å². The minimum Gasteiger partial charge on any atom is -0.467 e. The summed E-state index contributed by atoms with van der Waals surface area (Å²) in [5.41, 5.74) is 0.832. The Kier molecular flexibility index (Phi) is 7.56. The predicted molar refractivity (Wildman–Crippen MR) is 116 cm³/mol. The summed E-state index contributed by atoms with van der Waals surface area (Å²) >= 11 is 11.9. The summed E-state index contributed by atoms with van der Waals surface area (Å²) in [6.07, 6.45) is 5.43. The summed E-state index contributed by atoms with van der Waals surface area (Å²) in [5, 5.41) is 4.63. The first-order chi connectivity index (χ1) is 13.1. The molecular weight excluding hydrogens is 378 g/mol. The van der Waals surface area contributed by atoms with Crippen LogP contribution in [0.3, 0.4) is 0 Å². The molecular formula is C21H28ClN3OS. The molecule has 0 bridgehead atoms. The Morgan fingerprint density at radius 1 is 1.33 bits per heavy atom. The van der Waals surface area contributed by atoms with Gasteiger partial charge in [0.25, 0.3) is 0 Å². The van der Waals surface area contributed by atoms with Crippen LogP contribution in [0.5, 0.6) is 0 Å². The van der Waals surface area contributed by atoms with Gasteiger partial charge in [-0.3, -0.25) is 0 Å². The summed E-state index contributed by atoms with van der Waals surface area (Å²) in [6, 6.07) is 11.6. The largest absolute Gasteiger partial charge is 0.467 e. The van der Waals surface area contributed by atoms with Crippen LogP contribution >= 0.6 is 23.8 Å². The van der Waals surface area contributed by atoms with Crippen molar-refractivity contribution < 1.29 is 4.42 Å². The lowest BCUT2D eigenvalue weighted by molar-refractivity contribution is 0.177. The highest BCUT2D eigenvalue weighted by molar-refractivity contribution is 7.80. The minimum absolute atomic E-state index is 0.652. The molecule has 146 valence electrons. The molecule has 2 heterocycles. The zero-order valence-corrected chi connectivity index (χ0v) is 17.4. The number of halogens is 1. The Labute approximate surface area is 172 Å². The SMILES string of the molecule is C[C@@H]1CCCN(CCCN(Cc2ccco2)C(=S)Nc2ccccc2Cl)C1. The van der Waals surface area contributed by atoms with Gasteiger partial charge in [0.15, 0.2) is 5.11 Å². The Hall–Kier alpha value is -1.56. The first kappa shape index (κ1) is 20.2. The van der Waals surface area contributed by atoms with Gasteiger partial charge in [-0.2, -0.15) is 0 Å². The lowest BCUT2D eigenvalue weighted by Gasteiger charge is -2.32. The molecule has 1 aromatic heterocycles. The van der Waals surface area contributed by atoms with Gasteiger partial charge in [0, 0.05) is 13.1 Å². The van der Waals surface area contributed by atoms with Gasteiger partial charge in [-0.15, -0.1) is 0 Å². The molecule has 1 atom stereocenters. The Bertz CT molecular complexity index is 722. The fourth-order valence-electron chi connectivity index (χ4n) is 3.57. The highest BCUT2D eigenvalue weighted by Crippen LogP contribution is 2.21. The smallest absolute Gasteiger partial charge is 0.173 e. The van der Waals surface area contributed by atoms with Gasteiger partial charge in [0.1, 0.15) is 5.76 Å². The number of nitrogens with one attached hydrogen (secondary N) is 1. The quantitative estimate of drug-likeness (QED) is 0.635. The summed E-state index contributed by atoms with van der Waals surface area (Å²) in [4.78, 5) is 4.73. The first-order valence-corrected chi connectivity index (χ1v) is 10.5. The highest BCUT2D eigenvalue weighted by atomic mass is 35.5. The average Bonchev–Trinajstić information content (AvgIpc) is 3.16. The van der Waals surface area contributed by atoms with Crippen molar-refractivity contribution in [3.63, 3.8) is 0 Å². The molecule has 2 aromatic rings. The maximum Gasteiger partial charge on any atom is 0.173 e. The van der Waals surface area contributed by atoms with Crippen molar-refractivity contribution in [1.29, 1.82) is 0 Å². The van der Waals surface area contributed by atoms with Gasteiger partial charge in [0.2, 0.25) is 0 Å². The van der Waals surface area contributed by atoms with Crippen molar-refractivity contribution in [3.05, 3.63) is 53.4 Å². The van der Waals surface area contributed by atoms with Crippen LogP contribution in [0.15, 0.2) is 47.1 Å². The van der Waals surface area contributed by atoms with E-state index < -0.39 is 0 Å². The number of thiocarbonyl (C=S) groups is 1. The zero-order valence-electron chi connectivity index (χ0n) is 15.9. The fourth-order valence-corrected chi connectivity index (χ4v) is 4.02. The van der Waals surface area contributed by atoms with Crippen molar-refractivity contribution >= 4 is 34.6 Å². The van der Waals surface area contributed by atoms with Crippen LogP contribution < -0.4 is 5.32 Å². The monoisotopic (exact) mass is 405 g/mol. The third kappa shape index (κ3) is 6.23. The second kappa shape index (κ2) is 10.1. The van der Waals surface area contributed by atoms with Crippen LogP contribution in [0.4, 0.5) is 5.69 Å². The molecule has 1 aliphatic rings. The highest BCUT2D eigenvalue weighted by Gasteiger charge is 2.17. The number of benzene rings is 1. The fraction of sp³-hybridized carbons (Fsp3) is 0.476. The number of rotatable bonds is 7. The Morgan fingerprint density at radius 2 is 2.19 bits per heavy atom. The van der Waals surface area contributed by atoms with Crippen LogP contribution in [0, 0.1) is 5.92 Å². The van der Waals surface area contributed by atoms with E-state index >= 15 is 0 Å². The number of hydrogen-bond acceptors (Lipinski definition) is 3. The first-order valence-electron chi connectivity index (χ1n) is 9.67. The van der Waals surface area contributed by atoms with Crippen LogP contribution in [-0.4, -0.2) is 41.1 Å². The Morgan fingerprint density at radius 3 is 2.93 bits per heavy atom. The molecule has 1 N–H and O–H groups in total. The predicted octanol–water partition coefficient (Wildman–Crippen LogP) is 5.25. The summed E-state index contributed by atoms with van der Waals surface area (Å²) in [6.45, 7) is 7.40. The zero-order chi connectivity index (χ0) is 19.1. The molecule has 6 heteroatoms. The van der Waals surface area contributed by atoms with Crippen LogP contribution in [0.25, 0.3) is 0 Å². The van der Waals surface area contributed by atoms with E-state index in [4.69, 9.17) is 28.2 Å². The third-order valence-corrected chi connectivity index (χ3v) is 5.66. The molecule has 1 fully saturated rings. The second-order valence-corrected chi connectivity index (χ2v) is 8.11. The summed E-state index contributed by atoms with van der Waals surface area (Å²) in [7, 11) is 0. The normalized spacial score (nSPS) is 17.6. The number of hydrogen-bond donors (Lipinski definition) is 1. The number of piperidine rings is 1. The van der Waals surface area contributed by atoms with Gasteiger partial charge in [-0.05, 0) is 74.8 Å². The molecule has 27 heavy (non-hydrogen) atoms. The standard InChI is InChI=1S/C21H28ClN3OS/c1-17-7-4-11-24(15-17)12-6-13-25(16-18-8-5-14-26-18)21(27)23-20-10-3-2-9-19(20)22/h2-3,5,8-10,14,17H,4,6-7,11-13,15-16H2,1H3,(H,23,27)/t17-/m1/s1. The molecule has 0 amide bonds. The Balaban J connectivity index is 1.58. The van der Waals surface area contributed by atoms with Crippen molar-refractivity contribution in [2.24, 2.45) is 5.92 Å². The number of furan rings is 1. The molecule has 3 rings (SSSR count). The van der Waals surface area contributed by atoms with E-state index in [0.29, 0.717) is 16.7 Å². The lowest BCUT2D eigenvalue weighted by atomic mass is 10.0. The van der Waals surface area contributed by atoms with Gasteiger partial charge in [0.05, 0.1) is 23.5 Å². The topological polar surface area (TPSA) is 31.6 Å². The van der Waals surface area contributed by atoms with E-state index in [1.165, 1.54) is 25.9 Å². The van der Waals surface area contributed by atoms with Crippen LogP contribution in [-0.2, 0) is 6.54 Å². The number of anilines is 1. The summed E-state index contributed by atoms with van der Waals surface area (Å²) < 4.78 is 5.53. The van der Waals surface area contributed by atoms with E-state index in [1.54, 1.807) is 6.26 Å². The van der Waals surface area contributed by atoms with Gasteiger partial charge >= 0.3 is 0 Å². The number of nitrogens with zero attached hydrogens (tertiary/aromatic N) is 2. The number of likely N-dealkylation sites (tertiary alicyclic amines) is 1. The van der Waals surface area contributed by atoms with E-state index in [2.05, 4.69) is 22.0 Å². The van der Waals surface area contributed by atoms with E-state index in [-0.39, 0.29) is 0 Å². The average molecular weight is 406 g/mol.